The van der Waals surface area contributed by atoms with Crippen LogP contribution in [0.3, 0.4) is 0 Å². The first-order valence-electron chi connectivity index (χ1n) is 7.57. The number of likely N-dealkylation sites (N-methyl/N-ethyl adjacent to an activating group) is 1. The molecule has 0 aromatic heterocycles. The Labute approximate surface area is 131 Å². The van der Waals surface area contributed by atoms with Gasteiger partial charge in [0.2, 0.25) is 0 Å². The highest BCUT2D eigenvalue weighted by Gasteiger charge is 2.33. The molecule has 6 nitrogen and oxygen atoms in total. The van der Waals surface area contributed by atoms with Crippen molar-refractivity contribution in [3.63, 3.8) is 0 Å². The van der Waals surface area contributed by atoms with E-state index >= 15 is 0 Å². The Morgan fingerprint density at radius 2 is 2.00 bits per heavy atom. The lowest BCUT2D eigenvalue weighted by Crippen LogP contribution is -2.61. The van der Waals surface area contributed by atoms with Crippen LogP contribution in [0.25, 0.3) is 0 Å². The van der Waals surface area contributed by atoms with Gasteiger partial charge in [0, 0.05) is 24.8 Å². The van der Waals surface area contributed by atoms with Crippen molar-refractivity contribution < 1.29 is 14.3 Å². The van der Waals surface area contributed by atoms with Crippen LogP contribution >= 0.6 is 0 Å². The van der Waals surface area contributed by atoms with E-state index in [0.29, 0.717) is 17.3 Å². The number of hydrogen-bond donors (Lipinski definition) is 1. The zero-order chi connectivity index (χ0) is 16.1. The number of amides is 2. The van der Waals surface area contributed by atoms with E-state index in [9.17, 15) is 9.59 Å². The molecule has 6 heteroatoms. The number of urea groups is 1. The highest BCUT2D eigenvalue weighted by Crippen LogP contribution is 2.17. The number of anilines is 1. The van der Waals surface area contributed by atoms with E-state index in [1.165, 1.54) is 7.11 Å². The zero-order valence-electron chi connectivity index (χ0n) is 13.3. The van der Waals surface area contributed by atoms with Gasteiger partial charge in [0.05, 0.1) is 12.7 Å². The summed E-state index contributed by atoms with van der Waals surface area (Å²) in [4.78, 5) is 27.8. The van der Waals surface area contributed by atoms with Crippen LogP contribution in [0.2, 0.25) is 0 Å². The van der Waals surface area contributed by atoms with Crippen LogP contribution in [0.15, 0.2) is 24.3 Å². The van der Waals surface area contributed by atoms with Gasteiger partial charge in [-0.2, -0.15) is 0 Å². The largest absolute Gasteiger partial charge is 0.465 e. The predicted octanol–water partition coefficient (Wildman–Crippen LogP) is 2.03. The van der Waals surface area contributed by atoms with Crippen molar-refractivity contribution in [2.24, 2.45) is 0 Å². The van der Waals surface area contributed by atoms with Gasteiger partial charge in [0.15, 0.2) is 0 Å². The fraction of sp³-hybridized carbons (Fsp3) is 0.500. The summed E-state index contributed by atoms with van der Waals surface area (Å²) < 4.78 is 4.67. The summed E-state index contributed by atoms with van der Waals surface area (Å²) in [6.45, 7) is 7.74. The molecule has 0 saturated carbocycles. The first-order chi connectivity index (χ1) is 10.6. The molecule has 22 heavy (non-hydrogen) atoms. The lowest BCUT2D eigenvalue weighted by Gasteiger charge is -2.44. The minimum Gasteiger partial charge on any atom is -0.465 e. The van der Waals surface area contributed by atoms with E-state index in [-0.39, 0.29) is 6.03 Å². The summed E-state index contributed by atoms with van der Waals surface area (Å²) >= 11 is 0. The lowest BCUT2D eigenvalue weighted by molar-refractivity contribution is 0.0600. The van der Waals surface area contributed by atoms with E-state index in [0.717, 1.165) is 26.2 Å². The second-order valence-corrected chi connectivity index (χ2v) is 5.28. The first-order valence-corrected chi connectivity index (χ1v) is 7.57. The number of hydrogen-bond acceptors (Lipinski definition) is 4. The molecule has 1 N–H and O–H groups in total. The molecule has 0 unspecified atom stereocenters. The molecule has 0 spiro atoms. The van der Waals surface area contributed by atoms with Crippen LogP contribution in [-0.2, 0) is 4.74 Å². The van der Waals surface area contributed by atoms with Gasteiger partial charge in [-0.05, 0) is 31.3 Å². The number of esters is 1. The van der Waals surface area contributed by atoms with Gasteiger partial charge < -0.3 is 15.0 Å². The SMILES string of the molecule is CCN(CC)C1CN(C(=O)Nc2cccc(C(=O)OC)c2)C1. The Bertz CT molecular complexity index is 537. The van der Waals surface area contributed by atoms with Gasteiger partial charge in [-0.1, -0.05) is 19.9 Å². The van der Waals surface area contributed by atoms with Crippen molar-refractivity contribution in [1.82, 2.24) is 9.80 Å². The Morgan fingerprint density at radius 1 is 1.32 bits per heavy atom. The van der Waals surface area contributed by atoms with E-state index < -0.39 is 5.97 Å². The second-order valence-electron chi connectivity index (χ2n) is 5.28. The number of nitrogens with one attached hydrogen (secondary N) is 1. The average molecular weight is 305 g/mol. The topological polar surface area (TPSA) is 61.9 Å². The normalized spacial score (nSPS) is 14.6. The molecule has 1 aliphatic heterocycles. The average Bonchev–Trinajstić information content (AvgIpc) is 2.49. The van der Waals surface area contributed by atoms with Crippen molar-refractivity contribution in [1.29, 1.82) is 0 Å². The smallest absolute Gasteiger partial charge is 0.337 e. The van der Waals surface area contributed by atoms with Gasteiger partial charge >= 0.3 is 12.0 Å². The third-order valence-electron chi connectivity index (χ3n) is 4.01. The van der Waals surface area contributed by atoms with Gasteiger partial charge in [0.1, 0.15) is 0 Å². The standard InChI is InChI=1S/C16H23N3O3/c1-4-18(5-2)14-10-19(11-14)16(21)17-13-8-6-7-12(9-13)15(20)22-3/h6-9,14H,4-5,10-11H2,1-3H3,(H,17,21). The molecule has 1 aromatic carbocycles. The minimum absolute atomic E-state index is 0.134. The van der Waals surface area contributed by atoms with E-state index in [4.69, 9.17) is 0 Å². The summed E-state index contributed by atoms with van der Waals surface area (Å²) in [5, 5.41) is 2.82. The summed E-state index contributed by atoms with van der Waals surface area (Å²) in [7, 11) is 1.33. The fourth-order valence-corrected chi connectivity index (χ4v) is 2.64. The van der Waals surface area contributed by atoms with Gasteiger partial charge in [-0.3, -0.25) is 4.90 Å². The maximum absolute atomic E-state index is 12.2. The molecule has 2 rings (SSSR count). The molecule has 1 saturated heterocycles. The van der Waals surface area contributed by atoms with Crippen molar-refractivity contribution in [3.8, 4) is 0 Å². The third kappa shape index (κ3) is 3.57. The molecule has 1 aromatic rings. The number of benzene rings is 1. The maximum Gasteiger partial charge on any atom is 0.337 e. The van der Waals surface area contributed by atoms with Crippen molar-refractivity contribution in [2.75, 3.05) is 38.6 Å². The number of ether oxygens (including phenoxy) is 1. The van der Waals surface area contributed by atoms with E-state index in [1.807, 2.05) is 0 Å². The number of rotatable bonds is 5. The molecular weight excluding hydrogens is 282 g/mol. The van der Waals surface area contributed by atoms with Crippen LogP contribution in [0.5, 0.6) is 0 Å². The number of likely N-dealkylation sites (tertiary alicyclic amines) is 1. The lowest BCUT2D eigenvalue weighted by atomic mass is 10.1. The highest BCUT2D eigenvalue weighted by molar-refractivity contribution is 5.94. The van der Waals surface area contributed by atoms with Crippen LogP contribution in [0, 0.1) is 0 Å². The number of carbonyl (C=O) groups excluding carboxylic acids is 2. The maximum atomic E-state index is 12.2. The van der Waals surface area contributed by atoms with Crippen molar-refractivity contribution in [3.05, 3.63) is 29.8 Å². The Balaban J connectivity index is 1.90. The Hall–Kier alpha value is -2.08. The first kappa shape index (κ1) is 16.3. The molecule has 0 aliphatic carbocycles. The van der Waals surface area contributed by atoms with E-state index in [2.05, 4.69) is 28.8 Å². The van der Waals surface area contributed by atoms with Gasteiger partial charge in [-0.25, -0.2) is 9.59 Å². The summed E-state index contributed by atoms with van der Waals surface area (Å²) in [5.74, 6) is -0.415. The number of methoxy groups -OCH3 is 1. The summed E-state index contributed by atoms with van der Waals surface area (Å²) in [6.07, 6.45) is 0. The number of carbonyl (C=O) groups is 2. The quantitative estimate of drug-likeness (QED) is 0.846. The third-order valence-corrected chi connectivity index (χ3v) is 4.01. The Kier molecular flexibility index (Phi) is 5.38. The molecule has 0 bridgehead atoms. The van der Waals surface area contributed by atoms with Gasteiger partial charge in [0.25, 0.3) is 0 Å². The Morgan fingerprint density at radius 3 is 2.59 bits per heavy atom. The molecule has 1 aliphatic rings. The molecule has 0 atom stereocenters. The summed E-state index contributed by atoms with van der Waals surface area (Å²) in [5.41, 5.74) is 1.02. The van der Waals surface area contributed by atoms with Crippen LogP contribution < -0.4 is 5.32 Å². The molecule has 1 heterocycles. The van der Waals surface area contributed by atoms with E-state index in [1.54, 1.807) is 29.2 Å². The fourth-order valence-electron chi connectivity index (χ4n) is 2.64. The predicted molar refractivity (Wildman–Crippen MR) is 85.1 cm³/mol. The van der Waals surface area contributed by atoms with Crippen molar-refractivity contribution >= 4 is 17.7 Å². The monoisotopic (exact) mass is 305 g/mol. The van der Waals surface area contributed by atoms with Crippen LogP contribution in [0.4, 0.5) is 10.5 Å². The molecule has 0 radical (unpaired) electrons. The van der Waals surface area contributed by atoms with Crippen LogP contribution in [-0.4, -0.2) is 61.1 Å². The molecule has 2 amide bonds. The number of nitrogens with zero attached hydrogens (tertiary/aromatic N) is 2. The van der Waals surface area contributed by atoms with Crippen molar-refractivity contribution in [2.45, 2.75) is 19.9 Å². The molecule has 1 fully saturated rings. The summed E-state index contributed by atoms with van der Waals surface area (Å²) in [6, 6.07) is 7.06. The van der Waals surface area contributed by atoms with Gasteiger partial charge in [-0.15, -0.1) is 0 Å². The van der Waals surface area contributed by atoms with Crippen LogP contribution in [0.1, 0.15) is 24.2 Å². The molecular formula is C16H23N3O3. The zero-order valence-corrected chi connectivity index (χ0v) is 13.3. The highest BCUT2D eigenvalue weighted by atomic mass is 16.5. The molecule has 120 valence electrons. The second kappa shape index (κ2) is 7.26. The minimum atomic E-state index is -0.415.